The summed E-state index contributed by atoms with van der Waals surface area (Å²) in [6.07, 6.45) is 0.540. The summed E-state index contributed by atoms with van der Waals surface area (Å²) in [5.41, 5.74) is -1.00. The second-order valence-corrected chi connectivity index (χ2v) is 7.46. The highest BCUT2D eigenvalue weighted by Crippen LogP contribution is 2.56. The third-order valence-electron chi connectivity index (χ3n) is 5.65. The van der Waals surface area contributed by atoms with Crippen molar-refractivity contribution in [3.8, 4) is 0 Å². The average molecular weight is 432 g/mol. The van der Waals surface area contributed by atoms with Crippen molar-refractivity contribution in [3.05, 3.63) is 35.9 Å². The van der Waals surface area contributed by atoms with E-state index in [9.17, 15) is 24.0 Å². The number of carbonyl (C=O) groups excluding carboxylic acids is 5. The molecule has 0 aliphatic heterocycles. The zero-order chi connectivity index (χ0) is 23.2. The molecule has 168 valence electrons. The molecule has 1 aromatic rings. The molecule has 8 nitrogen and oxygen atoms in total. The highest BCUT2D eigenvalue weighted by atomic mass is 16.6. The average Bonchev–Trinajstić information content (AvgIpc) is 2.97. The van der Waals surface area contributed by atoms with Gasteiger partial charge in [0.2, 0.25) is 0 Å². The maximum absolute atomic E-state index is 13.6. The SMILES string of the molecule is CCOC(=O)C(C(=O)OCC)[C@@H]1C(=O)[C@@H](C(=O)OCC)[C@H](c2ccccc2)[C@@]1(C)C=O. The van der Waals surface area contributed by atoms with Gasteiger partial charge in [0, 0.05) is 11.3 Å². The van der Waals surface area contributed by atoms with E-state index in [-0.39, 0.29) is 19.8 Å². The summed E-state index contributed by atoms with van der Waals surface area (Å²) in [6.45, 7) is 6.17. The standard InChI is InChI=1S/C23H28O8/c1-5-29-20(26)15-17(14-11-9-8-10-12-14)23(4,13-24)18(19(15)25)16(21(27)30-6-2)22(28)31-7-3/h8-13,15-18H,5-7H2,1-4H3/t15-,17-,18+,23+/m0/s1. The molecule has 0 heterocycles. The Balaban J connectivity index is 2.71. The van der Waals surface area contributed by atoms with E-state index >= 15 is 0 Å². The number of rotatable bonds is 9. The summed E-state index contributed by atoms with van der Waals surface area (Å²) in [4.78, 5) is 64.3. The van der Waals surface area contributed by atoms with Crippen LogP contribution < -0.4 is 0 Å². The lowest BCUT2D eigenvalue weighted by molar-refractivity contribution is -0.169. The van der Waals surface area contributed by atoms with Crippen molar-refractivity contribution >= 4 is 30.0 Å². The van der Waals surface area contributed by atoms with E-state index in [2.05, 4.69) is 0 Å². The molecule has 0 N–H and O–H groups in total. The minimum Gasteiger partial charge on any atom is -0.465 e. The molecule has 2 rings (SSSR count). The van der Waals surface area contributed by atoms with Crippen LogP contribution in [-0.4, -0.2) is 49.8 Å². The van der Waals surface area contributed by atoms with Crippen molar-refractivity contribution in [3.63, 3.8) is 0 Å². The van der Waals surface area contributed by atoms with Crippen molar-refractivity contribution in [1.29, 1.82) is 0 Å². The minimum atomic E-state index is -1.67. The van der Waals surface area contributed by atoms with Crippen LogP contribution in [0.15, 0.2) is 30.3 Å². The van der Waals surface area contributed by atoms with Gasteiger partial charge in [-0.25, -0.2) is 0 Å². The largest absolute Gasteiger partial charge is 0.465 e. The molecule has 1 fully saturated rings. The number of Topliss-reactive ketones (excluding diaryl/α,β-unsaturated/α-hetero) is 1. The summed E-state index contributed by atoms with van der Waals surface area (Å²) in [6, 6.07) is 8.58. The molecule has 0 saturated heterocycles. The summed E-state index contributed by atoms with van der Waals surface area (Å²) < 4.78 is 15.2. The number of benzene rings is 1. The maximum Gasteiger partial charge on any atom is 0.321 e. The van der Waals surface area contributed by atoms with Crippen LogP contribution in [0, 0.1) is 23.2 Å². The second-order valence-electron chi connectivity index (χ2n) is 7.46. The Bertz CT molecular complexity index is 815. The van der Waals surface area contributed by atoms with Crippen LogP contribution in [-0.2, 0) is 38.2 Å². The molecular weight excluding hydrogens is 404 g/mol. The fourth-order valence-corrected chi connectivity index (χ4v) is 4.42. The highest BCUT2D eigenvalue weighted by Gasteiger charge is 2.66. The van der Waals surface area contributed by atoms with Crippen LogP contribution in [0.2, 0.25) is 0 Å². The number of hydrogen-bond acceptors (Lipinski definition) is 8. The highest BCUT2D eigenvalue weighted by molar-refractivity contribution is 6.11. The lowest BCUT2D eigenvalue weighted by Crippen LogP contribution is -2.44. The van der Waals surface area contributed by atoms with Gasteiger partial charge >= 0.3 is 17.9 Å². The van der Waals surface area contributed by atoms with Crippen LogP contribution in [0.5, 0.6) is 0 Å². The van der Waals surface area contributed by atoms with E-state index in [1.54, 1.807) is 51.1 Å². The number of aldehydes is 1. The number of hydrogen-bond donors (Lipinski definition) is 0. The summed E-state index contributed by atoms with van der Waals surface area (Å²) >= 11 is 0. The maximum atomic E-state index is 13.6. The predicted molar refractivity (Wildman–Crippen MR) is 109 cm³/mol. The van der Waals surface area contributed by atoms with Crippen molar-refractivity contribution in [2.24, 2.45) is 23.2 Å². The van der Waals surface area contributed by atoms with Gasteiger partial charge < -0.3 is 19.0 Å². The first-order chi connectivity index (χ1) is 14.8. The Hall–Kier alpha value is -3.03. The van der Waals surface area contributed by atoms with E-state index in [1.165, 1.54) is 6.92 Å². The third-order valence-corrected chi connectivity index (χ3v) is 5.65. The Morgan fingerprint density at radius 3 is 1.94 bits per heavy atom. The zero-order valence-electron chi connectivity index (χ0n) is 18.2. The number of ketones is 1. The van der Waals surface area contributed by atoms with Crippen molar-refractivity contribution in [2.75, 3.05) is 19.8 Å². The van der Waals surface area contributed by atoms with Crippen molar-refractivity contribution in [1.82, 2.24) is 0 Å². The number of ether oxygens (including phenoxy) is 3. The molecule has 0 bridgehead atoms. The Morgan fingerprint density at radius 2 is 1.48 bits per heavy atom. The van der Waals surface area contributed by atoms with E-state index in [0.717, 1.165) is 0 Å². The molecule has 0 aromatic heterocycles. The molecule has 1 aromatic carbocycles. The smallest absolute Gasteiger partial charge is 0.321 e. The molecule has 1 aliphatic rings. The second kappa shape index (κ2) is 10.3. The summed E-state index contributed by atoms with van der Waals surface area (Å²) in [7, 11) is 0. The molecule has 0 amide bonds. The first-order valence-electron chi connectivity index (χ1n) is 10.3. The molecule has 0 spiro atoms. The predicted octanol–water partition coefficient (Wildman–Crippen LogP) is 2.10. The summed E-state index contributed by atoms with van der Waals surface area (Å²) in [5.74, 6) is -8.84. The molecule has 4 atom stereocenters. The van der Waals surface area contributed by atoms with Crippen LogP contribution >= 0.6 is 0 Å². The summed E-state index contributed by atoms with van der Waals surface area (Å²) in [5, 5.41) is 0. The first kappa shape index (κ1) is 24.2. The van der Waals surface area contributed by atoms with Gasteiger partial charge in [-0.15, -0.1) is 0 Å². The molecule has 8 heteroatoms. The first-order valence-corrected chi connectivity index (χ1v) is 10.3. The number of carbonyl (C=O) groups is 5. The van der Waals surface area contributed by atoms with Crippen LogP contribution in [0.4, 0.5) is 0 Å². The fraction of sp³-hybridized carbons (Fsp3) is 0.522. The van der Waals surface area contributed by atoms with E-state index in [0.29, 0.717) is 11.8 Å². The van der Waals surface area contributed by atoms with Gasteiger partial charge in [0.15, 0.2) is 11.7 Å². The lowest BCUT2D eigenvalue weighted by Gasteiger charge is -2.33. The van der Waals surface area contributed by atoms with Crippen molar-refractivity contribution < 1.29 is 38.2 Å². The molecule has 31 heavy (non-hydrogen) atoms. The van der Waals surface area contributed by atoms with E-state index in [4.69, 9.17) is 14.2 Å². The minimum absolute atomic E-state index is 0.0309. The Morgan fingerprint density at radius 1 is 0.968 bits per heavy atom. The monoisotopic (exact) mass is 432 g/mol. The molecule has 1 saturated carbocycles. The van der Waals surface area contributed by atoms with Crippen LogP contribution in [0.3, 0.4) is 0 Å². The lowest BCUT2D eigenvalue weighted by atomic mass is 9.67. The third kappa shape index (κ3) is 4.52. The number of esters is 3. The van der Waals surface area contributed by atoms with Gasteiger partial charge in [-0.2, -0.15) is 0 Å². The quantitative estimate of drug-likeness (QED) is 0.252. The molecule has 0 radical (unpaired) electrons. The normalized spacial score (nSPS) is 25.2. The van der Waals surface area contributed by atoms with Crippen LogP contribution in [0.1, 0.15) is 39.2 Å². The van der Waals surface area contributed by atoms with Gasteiger partial charge in [0.25, 0.3) is 0 Å². The molecule has 1 aliphatic carbocycles. The van der Waals surface area contributed by atoms with Gasteiger partial charge in [-0.3, -0.25) is 19.2 Å². The molecular formula is C23H28O8. The topological polar surface area (TPSA) is 113 Å². The van der Waals surface area contributed by atoms with Crippen LogP contribution in [0.25, 0.3) is 0 Å². The van der Waals surface area contributed by atoms with Gasteiger partial charge in [-0.1, -0.05) is 37.3 Å². The van der Waals surface area contributed by atoms with E-state index in [1.807, 2.05) is 0 Å². The fourth-order valence-electron chi connectivity index (χ4n) is 4.42. The zero-order valence-corrected chi connectivity index (χ0v) is 18.2. The Labute approximate surface area is 181 Å². The Kier molecular flexibility index (Phi) is 8.08. The van der Waals surface area contributed by atoms with Gasteiger partial charge in [0.1, 0.15) is 12.2 Å². The van der Waals surface area contributed by atoms with Gasteiger partial charge in [0.05, 0.1) is 25.7 Å². The van der Waals surface area contributed by atoms with Crippen molar-refractivity contribution in [2.45, 2.75) is 33.6 Å². The molecule has 0 unspecified atom stereocenters. The van der Waals surface area contributed by atoms with E-state index < -0.39 is 52.8 Å². The van der Waals surface area contributed by atoms with Gasteiger partial charge in [-0.05, 0) is 26.3 Å².